The Morgan fingerprint density at radius 3 is 2.54 bits per heavy atom. The minimum atomic E-state index is -0.519. The number of methoxy groups -OCH3 is 1. The zero-order chi connectivity index (χ0) is 20.1. The van der Waals surface area contributed by atoms with Crippen LogP contribution in [0.15, 0.2) is 42.5 Å². The number of carbonyl (C=O) groups is 1. The van der Waals surface area contributed by atoms with Crippen LogP contribution < -0.4 is 19.9 Å². The number of carbonyl (C=O) groups excluding carboxylic acids is 1. The number of rotatable bonds is 6. The van der Waals surface area contributed by atoms with Gasteiger partial charge in [-0.15, -0.1) is 0 Å². The van der Waals surface area contributed by atoms with Crippen molar-refractivity contribution >= 4 is 23.0 Å². The number of hydrogen-bond acceptors (Lipinski definition) is 5. The van der Waals surface area contributed by atoms with Gasteiger partial charge in [0.05, 0.1) is 43.9 Å². The van der Waals surface area contributed by atoms with Gasteiger partial charge in [0.15, 0.2) is 6.54 Å². The lowest BCUT2D eigenvalue weighted by Crippen LogP contribution is -3.15. The molecule has 1 amide bonds. The number of ether oxygens (including phenoxy) is 1. The molecule has 1 saturated heterocycles. The molecule has 8 nitrogen and oxygen atoms in total. The smallest absolute Gasteiger partial charge is 0.279 e. The van der Waals surface area contributed by atoms with Crippen LogP contribution in [-0.4, -0.2) is 50.7 Å². The number of nitrogens with zero attached hydrogens (tertiary/aromatic N) is 2. The molecule has 0 atom stereocenters. The van der Waals surface area contributed by atoms with Crippen molar-refractivity contribution in [1.82, 2.24) is 0 Å². The molecule has 3 rings (SSSR count). The summed E-state index contributed by atoms with van der Waals surface area (Å²) in [5.41, 5.74) is 1.13. The topological polar surface area (TPSA) is 89.1 Å². The first-order valence-electron chi connectivity index (χ1n) is 8.92. The van der Waals surface area contributed by atoms with Crippen LogP contribution in [0.3, 0.4) is 0 Å². The van der Waals surface area contributed by atoms with E-state index in [0.717, 1.165) is 36.8 Å². The number of benzene rings is 2. The zero-order valence-electron chi connectivity index (χ0n) is 15.5. The monoisotopic (exact) mass is 389 g/mol. The maximum Gasteiger partial charge on any atom is 0.279 e. The van der Waals surface area contributed by atoms with E-state index in [1.807, 2.05) is 0 Å². The van der Waals surface area contributed by atoms with Crippen LogP contribution in [0.4, 0.5) is 21.5 Å². The van der Waals surface area contributed by atoms with Crippen LogP contribution in [0.25, 0.3) is 0 Å². The van der Waals surface area contributed by atoms with Gasteiger partial charge in [-0.2, -0.15) is 0 Å². The van der Waals surface area contributed by atoms with Crippen LogP contribution in [0, 0.1) is 15.9 Å². The van der Waals surface area contributed by atoms with Gasteiger partial charge in [0.1, 0.15) is 11.6 Å². The summed E-state index contributed by atoms with van der Waals surface area (Å²) in [7, 11) is 1.44. The van der Waals surface area contributed by atoms with E-state index in [4.69, 9.17) is 4.74 Å². The van der Waals surface area contributed by atoms with Crippen molar-refractivity contribution in [2.75, 3.05) is 50.1 Å². The Labute approximate surface area is 161 Å². The molecule has 2 N–H and O–H groups in total. The fraction of sp³-hybridized carbons (Fsp3) is 0.316. The Bertz CT molecular complexity index is 852. The molecule has 148 valence electrons. The molecule has 9 heteroatoms. The van der Waals surface area contributed by atoms with E-state index in [2.05, 4.69) is 10.2 Å². The van der Waals surface area contributed by atoms with Gasteiger partial charge in [-0.05, 0) is 30.3 Å². The molecule has 0 saturated carbocycles. The fourth-order valence-electron chi connectivity index (χ4n) is 3.24. The number of nitro benzene ring substituents is 1. The minimum Gasteiger partial charge on any atom is -0.495 e. The van der Waals surface area contributed by atoms with Gasteiger partial charge in [-0.3, -0.25) is 14.9 Å². The second-order valence-corrected chi connectivity index (χ2v) is 6.58. The Balaban J connectivity index is 1.55. The Morgan fingerprint density at radius 1 is 1.25 bits per heavy atom. The molecular weight excluding hydrogens is 367 g/mol. The standard InChI is InChI=1S/C19H21FN4O4/c1-28-18-7-6-16(24(26)27)12-17(18)21-19(25)13-22-8-10-23(11-9-22)15-4-2-14(20)3-5-15/h2-7,12H,8-11,13H2,1H3,(H,21,25)/p+1. The van der Waals surface area contributed by atoms with Crippen LogP contribution in [0.2, 0.25) is 0 Å². The summed E-state index contributed by atoms with van der Waals surface area (Å²) in [4.78, 5) is 26.1. The maximum atomic E-state index is 13.0. The van der Waals surface area contributed by atoms with E-state index < -0.39 is 4.92 Å². The first-order chi connectivity index (χ1) is 13.5. The van der Waals surface area contributed by atoms with Gasteiger partial charge >= 0.3 is 0 Å². The van der Waals surface area contributed by atoms with Gasteiger partial charge < -0.3 is 19.9 Å². The highest BCUT2D eigenvalue weighted by atomic mass is 19.1. The lowest BCUT2D eigenvalue weighted by Gasteiger charge is -2.33. The molecular formula is C19H22FN4O4+. The number of amides is 1. The molecule has 0 bridgehead atoms. The summed E-state index contributed by atoms with van der Waals surface area (Å²) in [6.45, 7) is 3.29. The van der Waals surface area contributed by atoms with Crippen molar-refractivity contribution in [1.29, 1.82) is 0 Å². The highest BCUT2D eigenvalue weighted by Crippen LogP contribution is 2.28. The number of nitrogens with one attached hydrogen (secondary N) is 2. The van der Waals surface area contributed by atoms with E-state index in [1.54, 1.807) is 12.1 Å². The fourth-order valence-corrected chi connectivity index (χ4v) is 3.24. The molecule has 0 unspecified atom stereocenters. The van der Waals surface area contributed by atoms with Gasteiger partial charge in [0.2, 0.25) is 0 Å². The highest BCUT2D eigenvalue weighted by Gasteiger charge is 2.23. The molecule has 2 aromatic carbocycles. The number of hydrogen-bond donors (Lipinski definition) is 2. The number of non-ortho nitro benzene ring substituents is 1. The number of anilines is 2. The molecule has 1 heterocycles. The summed E-state index contributed by atoms with van der Waals surface area (Å²) in [5, 5.41) is 13.7. The number of nitro groups is 1. The Kier molecular flexibility index (Phi) is 6.05. The zero-order valence-corrected chi connectivity index (χ0v) is 15.5. The van der Waals surface area contributed by atoms with Crippen LogP contribution in [0.5, 0.6) is 5.75 Å². The van der Waals surface area contributed by atoms with Gasteiger partial charge in [-0.25, -0.2) is 4.39 Å². The van der Waals surface area contributed by atoms with Crippen LogP contribution in [-0.2, 0) is 4.79 Å². The SMILES string of the molecule is COc1ccc([N+](=O)[O-])cc1NC(=O)C[NH+]1CCN(c2ccc(F)cc2)CC1. The largest absolute Gasteiger partial charge is 0.495 e. The van der Waals surface area contributed by atoms with Gasteiger partial charge in [-0.1, -0.05) is 0 Å². The van der Waals surface area contributed by atoms with E-state index in [-0.39, 0.29) is 29.6 Å². The van der Waals surface area contributed by atoms with Crippen molar-refractivity contribution < 1.29 is 23.7 Å². The van der Waals surface area contributed by atoms with E-state index in [1.165, 1.54) is 37.4 Å². The van der Waals surface area contributed by atoms with Gasteiger partial charge in [0, 0.05) is 17.8 Å². The third-order valence-corrected chi connectivity index (χ3v) is 4.74. The number of halogens is 1. The van der Waals surface area contributed by atoms with Crippen molar-refractivity contribution in [2.45, 2.75) is 0 Å². The van der Waals surface area contributed by atoms with Crippen LogP contribution in [0.1, 0.15) is 0 Å². The van der Waals surface area contributed by atoms with Crippen molar-refractivity contribution in [3.8, 4) is 5.75 Å². The van der Waals surface area contributed by atoms with E-state index in [9.17, 15) is 19.3 Å². The molecule has 0 radical (unpaired) electrons. The first-order valence-corrected chi connectivity index (χ1v) is 8.92. The number of quaternary nitrogens is 1. The first kappa shape index (κ1) is 19.6. The number of piperazine rings is 1. The summed E-state index contributed by atoms with van der Waals surface area (Å²) in [6, 6.07) is 10.5. The molecule has 0 spiro atoms. The average Bonchev–Trinajstić information content (AvgIpc) is 2.69. The second kappa shape index (κ2) is 8.66. The van der Waals surface area contributed by atoms with Crippen molar-refractivity contribution in [3.05, 3.63) is 58.4 Å². The second-order valence-electron chi connectivity index (χ2n) is 6.58. The third kappa shape index (κ3) is 4.74. The lowest BCUT2D eigenvalue weighted by molar-refractivity contribution is -0.892. The minimum absolute atomic E-state index is 0.114. The summed E-state index contributed by atoms with van der Waals surface area (Å²) >= 11 is 0. The molecule has 1 aliphatic heterocycles. The van der Waals surface area contributed by atoms with Crippen molar-refractivity contribution in [3.63, 3.8) is 0 Å². The summed E-state index contributed by atoms with van der Waals surface area (Å²) in [5.74, 6) is -0.125. The molecule has 1 aliphatic rings. The highest BCUT2D eigenvalue weighted by molar-refractivity contribution is 5.93. The summed E-state index contributed by atoms with van der Waals surface area (Å²) in [6.07, 6.45) is 0. The average molecular weight is 389 g/mol. The lowest BCUT2D eigenvalue weighted by atomic mass is 10.2. The predicted octanol–water partition coefficient (Wildman–Crippen LogP) is 1.09. The van der Waals surface area contributed by atoms with E-state index >= 15 is 0 Å². The quantitative estimate of drug-likeness (QED) is 0.570. The maximum absolute atomic E-state index is 13.0. The summed E-state index contributed by atoms with van der Waals surface area (Å²) < 4.78 is 18.2. The molecule has 28 heavy (non-hydrogen) atoms. The normalized spacial score (nSPS) is 14.6. The molecule has 0 aliphatic carbocycles. The van der Waals surface area contributed by atoms with E-state index in [0.29, 0.717) is 5.75 Å². The Hall–Kier alpha value is -3.20. The van der Waals surface area contributed by atoms with Gasteiger partial charge in [0.25, 0.3) is 11.6 Å². The molecule has 1 fully saturated rings. The van der Waals surface area contributed by atoms with Crippen LogP contribution >= 0.6 is 0 Å². The van der Waals surface area contributed by atoms with Crippen molar-refractivity contribution in [2.24, 2.45) is 0 Å². The third-order valence-electron chi connectivity index (χ3n) is 4.74. The predicted molar refractivity (Wildman–Crippen MR) is 102 cm³/mol. The Morgan fingerprint density at radius 2 is 1.93 bits per heavy atom. The molecule has 2 aromatic rings. The molecule has 0 aromatic heterocycles.